The Balaban J connectivity index is 2.78. The molecule has 0 amide bonds. The second-order valence-electron chi connectivity index (χ2n) is 3.22. The van der Waals surface area contributed by atoms with Gasteiger partial charge in [-0.05, 0) is 25.5 Å². The summed E-state index contributed by atoms with van der Waals surface area (Å²) in [6.07, 6.45) is 0. The van der Waals surface area contributed by atoms with Gasteiger partial charge in [-0.2, -0.15) is 8.42 Å². The van der Waals surface area contributed by atoms with Crippen LogP contribution in [0.4, 0.5) is 5.69 Å². The van der Waals surface area contributed by atoms with Gasteiger partial charge in [0.05, 0.1) is 5.69 Å². The highest BCUT2D eigenvalue weighted by atomic mass is 32.2. The summed E-state index contributed by atoms with van der Waals surface area (Å²) >= 11 is 0. The molecule has 0 aliphatic carbocycles. The Kier molecular flexibility index (Phi) is 1.85. The molecule has 0 spiro atoms. The van der Waals surface area contributed by atoms with Crippen molar-refractivity contribution in [2.45, 2.75) is 18.7 Å². The summed E-state index contributed by atoms with van der Waals surface area (Å²) < 4.78 is 26.8. The summed E-state index contributed by atoms with van der Waals surface area (Å²) in [6.45, 7) is 3.49. The lowest BCUT2D eigenvalue weighted by Crippen LogP contribution is -2.19. The number of benzene rings is 1. The molecule has 0 saturated heterocycles. The van der Waals surface area contributed by atoms with Gasteiger partial charge in [0, 0.05) is 0 Å². The van der Waals surface area contributed by atoms with Crippen molar-refractivity contribution in [1.82, 2.24) is 0 Å². The predicted molar refractivity (Wildman–Crippen MR) is 55.1 cm³/mol. The predicted octanol–water partition coefficient (Wildman–Crippen LogP) is 1.53. The van der Waals surface area contributed by atoms with Crippen molar-refractivity contribution in [2.75, 3.05) is 5.32 Å². The second-order valence-corrected chi connectivity index (χ2v) is 4.80. The van der Waals surface area contributed by atoms with Crippen LogP contribution in [0.5, 0.6) is 0 Å². The number of fused-ring (bicyclic) bond motifs is 1. The van der Waals surface area contributed by atoms with Crippen LogP contribution in [0.25, 0.3) is 0 Å². The van der Waals surface area contributed by atoms with Crippen LogP contribution in [-0.4, -0.2) is 14.3 Å². The van der Waals surface area contributed by atoms with Gasteiger partial charge in [-0.1, -0.05) is 12.1 Å². The van der Waals surface area contributed by atoms with Gasteiger partial charge in [-0.15, -0.1) is 4.40 Å². The van der Waals surface area contributed by atoms with Crippen molar-refractivity contribution in [3.8, 4) is 0 Å². The average Bonchev–Trinajstić information content (AvgIpc) is 2.05. The average molecular weight is 210 g/mol. The van der Waals surface area contributed by atoms with Gasteiger partial charge in [0.1, 0.15) is 10.7 Å². The minimum absolute atomic E-state index is 0.253. The topological polar surface area (TPSA) is 58.5 Å². The van der Waals surface area contributed by atoms with Crippen LogP contribution in [0.3, 0.4) is 0 Å². The summed E-state index contributed by atoms with van der Waals surface area (Å²) in [5, 5.41) is 2.95. The largest absolute Gasteiger partial charge is 0.342 e. The number of sulfonamides is 1. The minimum atomic E-state index is -3.49. The van der Waals surface area contributed by atoms with Crippen molar-refractivity contribution in [1.29, 1.82) is 0 Å². The number of hydrogen-bond acceptors (Lipinski definition) is 3. The summed E-state index contributed by atoms with van der Waals surface area (Å²) in [6, 6.07) is 5.13. The van der Waals surface area contributed by atoms with Crippen LogP contribution < -0.4 is 5.32 Å². The van der Waals surface area contributed by atoms with Gasteiger partial charge in [0.2, 0.25) is 0 Å². The van der Waals surface area contributed by atoms with Crippen LogP contribution in [0.15, 0.2) is 27.5 Å². The van der Waals surface area contributed by atoms with Gasteiger partial charge in [-0.3, -0.25) is 0 Å². The monoisotopic (exact) mass is 210 g/mol. The zero-order chi connectivity index (χ0) is 10.3. The number of anilines is 1. The molecule has 1 aliphatic rings. The van der Waals surface area contributed by atoms with Crippen molar-refractivity contribution in [3.63, 3.8) is 0 Å². The Morgan fingerprint density at radius 1 is 1.29 bits per heavy atom. The highest BCUT2D eigenvalue weighted by Crippen LogP contribution is 2.29. The molecule has 0 bridgehead atoms. The quantitative estimate of drug-likeness (QED) is 0.706. The Labute approximate surface area is 82.7 Å². The van der Waals surface area contributed by atoms with Crippen LogP contribution in [-0.2, 0) is 10.0 Å². The molecular formula is C9H10N2O2S. The van der Waals surface area contributed by atoms with E-state index < -0.39 is 10.0 Å². The van der Waals surface area contributed by atoms with E-state index in [1.165, 1.54) is 0 Å². The SMILES string of the molecule is CC1=NS(=O)(=O)c2cccc(C)c2N1. The first-order valence-corrected chi connectivity index (χ1v) is 5.63. The van der Waals surface area contributed by atoms with E-state index in [1.54, 1.807) is 19.1 Å². The molecule has 0 unspecified atom stereocenters. The van der Waals surface area contributed by atoms with Gasteiger partial charge in [0.15, 0.2) is 0 Å². The van der Waals surface area contributed by atoms with Crippen molar-refractivity contribution < 1.29 is 8.42 Å². The van der Waals surface area contributed by atoms with E-state index in [9.17, 15) is 8.42 Å². The van der Waals surface area contributed by atoms with Crippen molar-refractivity contribution >= 4 is 21.5 Å². The third-order valence-corrected chi connectivity index (χ3v) is 3.49. The van der Waals surface area contributed by atoms with Crippen LogP contribution in [0, 0.1) is 6.92 Å². The Morgan fingerprint density at radius 3 is 2.71 bits per heavy atom. The third-order valence-electron chi connectivity index (χ3n) is 2.08. The third kappa shape index (κ3) is 1.29. The Hall–Kier alpha value is -1.36. The fourth-order valence-electron chi connectivity index (χ4n) is 1.45. The maximum absolute atomic E-state index is 11.6. The molecule has 74 valence electrons. The number of aryl methyl sites for hydroxylation is 1. The molecule has 0 aromatic heterocycles. The van der Waals surface area contributed by atoms with Gasteiger partial charge >= 0.3 is 0 Å². The van der Waals surface area contributed by atoms with E-state index in [0.29, 0.717) is 11.5 Å². The molecule has 4 nitrogen and oxygen atoms in total. The van der Waals surface area contributed by atoms with Gasteiger partial charge in [0.25, 0.3) is 10.0 Å². The smallest absolute Gasteiger partial charge is 0.286 e. The molecule has 14 heavy (non-hydrogen) atoms. The number of nitrogens with one attached hydrogen (secondary N) is 1. The van der Waals surface area contributed by atoms with Crippen LogP contribution >= 0.6 is 0 Å². The lowest BCUT2D eigenvalue weighted by Gasteiger charge is -2.17. The number of nitrogens with zero attached hydrogens (tertiary/aromatic N) is 1. The zero-order valence-corrected chi connectivity index (χ0v) is 8.72. The fraction of sp³-hybridized carbons (Fsp3) is 0.222. The summed E-state index contributed by atoms with van der Waals surface area (Å²) in [7, 11) is -3.49. The molecule has 2 rings (SSSR count). The van der Waals surface area contributed by atoms with Gasteiger partial charge in [-0.25, -0.2) is 0 Å². The van der Waals surface area contributed by atoms with E-state index in [4.69, 9.17) is 0 Å². The first kappa shape index (κ1) is 9.21. The highest BCUT2D eigenvalue weighted by Gasteiger charge is 2.23. The van der Waals surface area contributed by atoms with E-state index in [-0.39, 0.29) is 4.90 Å². The number of para-hydroxylation sites is 1. The minimum Gasteiger partial charge on any atom is -0.342 e. The lowest BCUT2D eigenvalue weighted by molar-refractivity contribution is 0.597. The van der Waals surface area contributed by atoms with E-state index >= 15 is 0 Å². The maximum atomic E-state index is 11.6. The van der Waals surface area contributed by atoms with E-state index in [1.807, 2.05) is 13.0 Å². The van der Waals surface area contributed by atoms with Gasteiger partial charge < -0.3 is 5.32 Å². The summed E-state index contributed by atoms with van der Waals surface area (Å²) in [5.74, 6) is 0.409. The number of rotatable bonds is 0. The van der Waals surface area contributed by atoms with Crippen molar-refractivity contribution in [3.05, 3.63) is 23.8 Å². The van der Waals surface area contributed by atoms with Crippen molar-refractivity contribution in [2.24, 2.45) is 4.40 Å². The summed E-state index contributed by atoms with van der Waals surface area (Å²) in [5.41, 5.74) is 1.54. The molecule has 1 aliphatic heterocycles. The molecular weight excluding hydrogens is 200 g/mol. The maximum Gasteiger partial charge on any atom is 0.286 e. The number of hydrogen-bond donors (Lipinski definition) is 1. The molecule has 1 heterocycles. The molecule has 5 heteroatoms. The molecule has 0 saturated carbocycles. The van der Waals surface area contributed by atoms with E-state index in [0.717, 1.165) is 5.56 Å². The molecule has 0 radical (unpaired) electrons. The molecule has 1 aromatic carbocycles. The molecule has 1 N–H and O–H groups in total. The highest BCUT2D eigenvalue weighted by molar-refractivity contribution is 7.90. The fourth-order valence-corrected chi connectivity index (χ4v) is 2.67. The first-order chi connectivity index (χ1) is 6.50. The second kappa shape index (κ2) is 2.81. The zero-order valence-electron chi connectivity index (χ0n) is 7.90. The molecule has 0 fully saturated rings. The van der Waals surface area contributed by atoms with E-state index in [2.05, 4.69) is 9.71 Å². The normalized spacial score (nSPS) is 18.0. The Bertz CT molecular complexity index is 518. The molecule has 0 atom stereocenters. The van der Waals surface area contributed by atoms with Crippen LogP contribution in [0.2, 0.25) is 0 Å². The lowest BCUT2D eigenvalue weighted by atomic mass is 10.2. The Morgan fingerprint density at radius 2 is 2.00 bits per heavy atom. The van der Waals surface area contributed by atoms with Crippen LogP contribution in [0.1, 0.15) is 12.5 Å². The first-order valence-electron chi connectivity index (χ1n) is 4.19. The molecule has 1 aromatic rings. The number of amidine groups is 1. The summed E-state index contributed by atoms with van der Waals surface area (Å²) in [4.78, 5) is 0.253. The standard InChI is InChI=1S/C9H10N2O2S/c1-6-4-3-5-8-9(6)10-7(2)11-14(8,12)13/h3-5H,1-2H3,(H,10,11).